The lowest BCUT2D eigenvalue weighted by atomic mass is 9.82. The first kappa shape index (κ1) is 18.7. The average Bonchev–Trinajstić information content (AvgIpc) is 2.24. The van der Waals surface area contributed by atoms with Crippen molar-refractivity contribution in [3.63, 3.8) is 0 Å². The van der Waals surface area contributed by atoms with Crippen LogP contribution in [0, 0.1) is 11.8 Å². The van der Waals surface area contributed by atoms with Crippen molar-refractivity contribution < 1.29 is 9.59 Å². The van der Waals surface area contributed by atoms with Crippen LogP contribution in [0.15, 0.2) is 12.2 Å². The summed E-state index contributed by atoms with van der Waals surface area (Å²) in [5, 5.41) is 2.95. The fourth-order valence-electron chi connectivity index (χ4n) is 2.22. The van der Waals surface area contributed by atoms with E-state index in [1.54, 1.807) is 0 Å². The van der Waals surface area contributed by atoms with Gasteiger partial charge < -0.3 is 11.1 Å². The molecule has 116 valence electrons. The van der Waals surface area contributed by atoms with Crippen molar-refractivity contribution in [1.29, 1.82) is 0 Å². The maximum atomic E-state index is 12.4. The fraction of sp³-hybridized carbons (Fsp3) is 0.750. The van der Waals surface area contributed by atoms with Gasteiger partial charge in [0.05, 0.1) is 5.92 Å². The van der Waals surface area contributed by atoms with Gasteiger partial charge in [-0.25, -0.2) is 0 Å². The second-order valence-electron chi connectivity index (χ2n) is 6.66. The van der Waals surface area contributed by atoms with Gasteiger partial charge >= 0.3 is 0 Å². The van der Waals surface area contributed by atoms with Crippen molar-refractivity contribution in [3.05, 3.63) is 12.2 Å². The van der Waals surface area contributed by atoms with E-state index >= 15 is 0 Å². The van der Waals surface area contributed by atoms with Gasteiger partial charge in [0.1, 0.15) is 0 Å². The van der Waals surface area contributed by atoms with Crippen LogP contribution in [0.2, 0.25) is 0 Å². The Morgan fingerprint density at radius 1 is 1.25 bits per heavy atom. The molecule has 0 bridgehead atoms. The molecule has 4 nitrogen and oxygen atoms in total. The Kier molecular flexibility index (Phi) is 7.54. The number of nitrogens with two attached hydrogens (primary N) is 1. The Labute approximate surface area is 123 Å². The van der Waals surface area contributed by atoms with Gasteiger partial charge in [-0.05, 0) is 40.5 Å². The Balaban J connectivity index is 5.12. The lowest BCUT2D eigenvalue weighted by Crippen LogP contribution is -2.47. The second-order valence-corrected chi connectivity index (χ2v) is 6.66. The molecular formula is C16H30N2O2. The molecule has 20 heavy (non-hydrogen) atoms. The molecule has 0 aromatic rings. The average molecular weight is 282 g/mol. The van der Waals surface area contributed by atoms with E-state index in [4.69, 9.17) is 5.73 Å². The van der Waals surface area contributed by atoms with E-state index in [0.29, 0.717) is 12.8 Å². The summed E-state index contributed by atoms with van der Waals surface area (Å²) in [4.78, 5) is 24.2. The predicted octanol–water partition coefficient (Wildman–Crippen LogP) is 2.78. The number of allylic oxidation sites excluding steroid dienone is 1. The van der Waals surface area contributed by atoms with Gasteiger partial charge in [-0.2, -0.15) is 0 Å². The molecule has 0 saturated heterocycles. The predicted molar refractivity (Wildman–Crippen MR) is 83.0 cm³/mol. The van der Waals surface area contributed by atoms with E-state index in [2.05, 4.69) is 18.8 Å². The standard InChI is InChI=1S/C16H30N2O2/c1-7-8-9-12(14(17)19)13(10-11(2)3)15(20)18-16(4,5)6/h12-13H,2,7-10H2,1,3-6H3,(H2,17,19)(H,18,20)/t12-,13+/m0/s1. The quantitative estimate of drug-likeness (QED) is 0.672. The molecule has 0 aliphatic rings. The molecule has 0 radical (unpaired) electrons. The minimum atomic E-state index is -0.422. The number of rotatable bonds is 8. The van der Waals surface area contributed by atoms with Crippen LogP contribution in [-0.4, -0.2) is 17.4 Å². The first-order valence-corrected chi connectivity index (χ1v) is 7.34. The zero-order valence-corrected chi connectivity index (χ0v) is 13.6. The highest BCUT2D eigenvalue weighted by atomic mass is 16.2. The third kappa shape index (κ3) is 7.31. The van der Waals surface area contributed by atoms with E-state index in [-0.39, 0.29) is 11.4 Å². The van der Waals surface area contributed by atoms with Crippen molar-refractivity contribution in [2.24, 2.45) is 17.6 Å². The lowest BCUT2D eigenvalue weighted by Gasteiger charge is -2.29. The summed E-state index contributed by atoms with van der Waals surface area (Å²) < 4.78 is 0. The highest BCUT2D eigenvalue weighted by Crippen LogP contribution is 2.25. The molecule has 0 rings (SSSR count). The molecule has 0 saturated carbocycles. The Morgan fingerprint density at radius 2 is 1.80 bits per heavy atom. The molecule has 0 spiro atoms. The minimum Gasteiger partial charge on any atom is -0.369 e. The molecule has 0 unspecified atom stereocenters. The number of amides is 2. The normalized spacial score (nSPS) is 14.4. The number of unbranched alkanes of at least 4 members (excludes halogenated alkanes) is 1. The number of nitrogens with one attached hydrogen (secondary N) is 1. The van der Waals surface area contributed by atoms with E-state index in [1.165, 1.54) is 0 Å². The number of carbonyl (C=O) groups is 2. The highest BCUT2D eigenvalue weighted by molar-refractivity contribution is 5.87. The molecule has 3 N–H and O–H groups in total. The monoisotopic (exact) mass is 282 g/mol. The van der Waals surface area contributed by atoms with Crippen molar-refractivity contribution in [3.8, 4) is 0 Å². The summed E-state index contributed by atoms with van der Waals surface area (Å²) in [5.74, 6) is -1.35. The van der Waals surface area contributed by atoms with Gasteiger partial charge in [0.15, 0.2) is 0 Å². The largest absolute Gasteiger partial charge is 0.369 e. The SMILES string of the molecule is C=C(C)C[C@@H](C(=O)NC(C)(C)C)[C@H](CCCC)C(N)=O. The summed E-state index contributed by atoms with van der Waals surface area (Å²) in [6.07, 6.45) is 3.02. The van der Waals surface area contributed by atoms with E-state index in [9.17, 15) is 9.59 Å². The number of carbonyl (C=O) groups excluding carboxylic acids is 2. The fourth-order valence-corrected chi connectivity index (χ4v) is 2.22. The lowest BCUT2D eigenvalue weighted by molar-refractivity contribution is -0.134. The van der Waals surface area contributed by atoms with E-state index in [1.807, 2.05) is 27.7 Å². The maximum Gasteiger partial charge on any atom is 0.224 e. The molecule has 4 heteroatoms. The Morgan fingerprint density at radius 3 is 2.15 bits per heavy atom. The zero-order chi connectivity index (χ0) is 15.9. The van der Waals surface area contributed by atoms with Crippen molar-refractivity contribution in [1.82, 2.24) is 5.32 Å². The van der Waals surface area contributed by atoms with Gasteiger partial charge in [-0.1, -0.05) is 25.3 Å². The van der Waals surface area contributed by atoms with Crippen LogP contribution in [0.25, 0.3) is 0 Å². The van der Waals surface area contributed by atoms with Crippen molar-refractivity contribution in [2.75, 3.05) is 0 Å². The van der Waals surface area contributed by atoms with Crippen LogP contribution in [0.5, 0.6) is 0 Å². The number of primary amides is 1. The Bertz CT molecular complexity index is 356. The summed E-state index contributed by atoms with van der Waals surface area (Å²) in [6, 6.07) is 0. The molecule has 0 fully saturated rings. The van der Waals surface area contributed by atoms with Crippen LogP contribution in [-0.2, 0) is 9.59 Å². The molecular weight excluding hydrogens is 252 g/mol. The smallest absolute Gasteiger partial charge is 0.224 e. The molecule has 0 aliphatic heterocycles. The maximum absolute atomic E-state index is 12.4. The third-order valence-electron chi connectivity index (χ3n) is 3.12. The van der Waals surface area contributed by atoms with Crippen LogP contribution >= 0.6 is 0 Å². The van der Waals surface area contributed by atoms with Crippen LogP contribution < -0.4 is 11.1 Å². The Hall–Kier alpha value is -1.32. The van der Waals surface area contributed by atoms with Crippen molar-refractivity contribution in [2.45, 2.75) is 65.8 Å². The molecule has 0 aromatic heterocycles. The number of hydrogen-bond donors (Lipinski definition) is 2. The summed E-state index contributed by atoms with van der Waals surface area (Å²) >= 11 is 0. The van der Waals surface area contributed by atoms with Gasteiger partial charge in [0, 0.05) is 11.5 Å². The zero-order valence-electron chi connectivity index (χ0n) is 13.6. The third-order valence-corrected chi connectivity index (χ3v) is 3.12. The highest BCUT2D eigenvalue weighted by Gasteiger charge is 2.33. The first-order chi connectivity index (χ1) is 9.08. The van der Waals surface area contributed by atoms with Gasteiger partial charge in [0.25, 0.3) is 0 Å². The molecule has 0 aromatic carbocycles. The summed E-state index contributed by atoms with van der Waals surface area (Å²) in [6.45, 7) is 13.6. The molecule has 0 aliphatic carbocycles. The molecule has 0 heterocycles. The summed E-state index contributed by atoms with van der Waals surface area (Å²) in [5.41, 5.74) is 6.08. The summed E-state index contributed by atoms with van der Waals surface area (Å²) in [7, 11) is 0. The van der Waals surface area contributed by atoms with Crippen LogP contribution in [0.3, 0.4) is 0 Å². The molecule has 2 amide bonds. The van der Waals surface area contributed by atoms with E-state index in [0.717, 1.165) is 18.4 Å². The second kappa shape index (κ2) is 8.08. The first-order valence-electron chi connectivity index (χ1n) is 7.34. The van der Waals surface area contributed by atoms with Crippen LogP contribution in [0.1, 0.15) is 60.3 Å². The number of hydrogen-bond acceptors (Lipinski definition) is 2. The van der Waals surface area contributed by atoms with E-state index < -0.39 is 17.7 Å². The molecule has 2 atom stereocenters. The van der Waals surface area contributed by atoms with Gasteiger partial charge in [-0.3, -0.25) is 9.59 Å². The minimum absolute atomic E-state index is 0.111. The van der Waals surface area contributed by atoms with Gasteiger partial charge in [-0.15, -0.1) is 6.58 Å². The topological polar surface area (TPSA) is 72.2 Å². The van der Waals surface area contributed by atoms with Gasteiger partial charge in [0.2, 0.25) is 11.8 Å². The van der Waals surface area contributed by atoms with Crippen LogP contribution in [0.4, 0.5) is 0 Å². The van der Waals surface area contributed by atoms with Crippen molar-refractivity contribution >= 4 is 11.8 Å².